The van der Waals surface area contributed by atoms with Crippen LogP contribution in [0.1, 0.15) is 22.6 Å². The van der Waals surface area contributed by atoms with Crippen molar-refractivity contribution in [3.05, 3.63) is 64.2 Å². The molecule has 0 saturated carbocycles. The molecule has 1 aliphatic heterocycles. The molecule has 20 heavy (non-hydrogen) atoms. The van der Waals surface area contributed by atoms with Crippen LogP contribution in [0.15, 0.2) is 42.5 Å². The summed E-state index contributed by atoms with van der Waals surface area (Å²) in [6, 6.07) is 13.7. The zero-order chi connectivity index (χ0) is 13.4. The van der Waals surface area contributed by atoms with Crippen LogP contribution in [0.4, 0.5) is 0 Å². The predicted octanol–water partition coefficient (Wildman–Crippen LogP) is 4.20. The fourth-order valence-corrected chi connectivity index (χ4v) is 2.94. The largest absolute Gasteiger partial charge is 0.508 e. The molecule has 0 fully saturated rings. The minimum atomic E-state index is 0. The van der Waals surface area contributed by atoms with E-state index in [-0.39, 0.29) is 17.0 Å². The van der Waals surface area contributed by atoms with Gasteiger partial charge in [-0.15, -0.1) is 17.0 Å². The van der Waals surface area contributed by atoms with Gasteiger partial charge in [-0.05, 0) is 48.0 Å². The van der Waals surface area contributed by atoms with E-state index in [4.69, 9.17) is 11.6 Å². The van der Waals surface area contributed by atoms with Gasteiger partial charge in [-0.25, -0.2) is 0 Å². The van der Waals surface area contributed by atoms with Gasteiger partial charge >= 0.3 is 0 Å². The first-order valence-corrected chi connectivity index (χ1v) is 6.77. The van der Waals surface area contributed by atoms with Crippen molar-refractivity contribution in [2.45, 2.75) is 12.5 Å². The number of phenolic OH excluding ortho intramolecular Hbond substituents is 1. The summed E-state index contributed by atoms with van der Waals surface area (Å²) in [6.45, 7) is 1.87. The highest BCUT2D eigenvalue weighted by Gasteiger charge is 2.24. The maximum Gasteiger partial charge on any atom is 0.115 e. The average Bonchev–Trinajstić information content (AvgIpc) is 2.38. The standard InChI is InChI=1S/C16H16ClNO.BrH/c1-18-9-12-8-14(19)6-7-15(12)16(10-18)11-2-4-13(17)5-3-11;/h2-8,16,19H,9-10H2,1H3;1H. The highest BCUT2D eigenvalue weighted by molar-refractivity contribution is 8.93. The topological polar surface area (TPSA) is 23.5 Å². The number of phenols is 1. The Labute approximate surface area is 134 Å². The van der Waals surface area contributed by atoms with E-state index in [2.05, 4.69) is 24.1 Å². The van der Waals surface area contributed by atoms with Crippen LogP contribution in [0.3, 0.4) is 0 Å². The Morgan fingerprint density at radius 2 is 1.85 bits per heavy atom. The molecule has 1 atom stereocenters. The fourth-order valence-electron chi connectivity index (χ4n) is 2.81. The molecule has 0 aromatic heterocycles. The van der Waals surface area contributed by atoms with E-state index in [1.54, 1.807) is 6.07 Å². The molecular formula is C16H17BrClNO. The van der Waals surface area contributed by atoms with Crippen LogP contribution in [0.5, 0.6) is 5.75 Å². The molecule has 1 heterocycles. The second-order valence-corrected chi connectivity index (χ2v) is 5.62. The number of likely N-dealkylation sites (N-methyl/N-ethyl adjacent to an activating group) is 1. The molecule has 0 spiro atoms. The van der Waals surface area contributed by atoms with Crippen molar-refractivity contribution in [1.82, 2.24) is 4.90 Å². The monoisotopic (exact) mass is 353 g/mol. The average molecular weight is 355 g/mol. The quantitative estimate of drug-likeness (QED) is 0.829. The molecule has 2 aromatic rings. The van der Waals surface area contributed by atoms with Gasteiger partial charge in [0.25, 0.3) is 0 Å². The van der Waals surface area contributed by atoms with Gasteiger partial charge in [0, 0.05) is 24.0 Å². The zero-order valence-corrected chi connectivity index (χ0v) is 13.7. The lowest BCUT2D eigenvalue weighted by Gasteiger charge is -2.32. The summed E-state index contributed by atoms with van der Waals surface area (Å²) >= 11 is 5.96. The van der Waals surface area contributed by atoms with Gasteiger partial charge in [-0.3, -0.25) is 0 Å². The molecule has 0 saturated heterocycles. The van der Waals surface area contributed by atoms with Crippen molar-refractivity contribution in [1.29, 1.82) is 0 Å². The molecule has 2 nitrogen and oxygen atoms in total. The number of hydrogen-bond acceptors (Lipinski definition) is 2. The lowest BCUT2D eigenvalue weighted by molar-refractivity contribution is 0.294. The van der Waals surface area contributed by atoms with Gasteiger partial charge in [0.05, 0.1) is 0 Å². The number of fused-ring (bicyclic) bond motifs is 1. The van der Waals surface area contributed by atoms with E-state index in [0.717, 1.165) is 18.1 Å². The van der Waals surface area contributed by atoms with Gasteiger partial charge in [-0.1, -0.05) is 29.8 Å². The number of halogens is 2. The molecule has 4 heteroatoms. The minimum Gasteiger partial charge on any atom is -0.508 e. The Hall–Kier alpha value is -1.03. The Balaban J connectivity index is 0.00000147. The predicted molar refractivity (Wildman–Crippen MR) is 88.1 cm³/mol. The molecule has 0 bridgehead atoms. The molecule has 0 amide bonds. The molecule has 2 aromatic carbocycles. The smallest absolute Gasteiger partial charge is 0.115 e. The molecule has 1 N–H and O–H groups in total. The third kappa shape index (κ3) is 3.00. The van der Waals surface area contributed by atoms with Crippen LogP contribution in [-0.4, -0.2) is 23.6 Å². The van der Waals surface area contributed by atoms with Crippen LogP contribution in [-0.2, 0) is 6.54 Å². The van der Waals surface area contributed by atoms with Crippen molar-refractivity contribution >= 4 is 28.6 Å². The van der Waals surface area contributed by atoms with E-state index in [1.807, 2.05) is 24.3 Å². The molecule has 0 radical (unpaired) electrons. The van der Waals surface area contributed by atoms with Gasteiger partial charge in [0.2, 0.25) is 0 Å². The van der Waals surface area contributed by atoms with Gasteiger partial charge < -0.3 is 10.0 Å². The normalized spacial score (nSPS) is 18.2. The van der Waals surface area contributed by atoms with Crippen molar-refractivity contribution < 1.29 is 5.11 Å². The zero-order valence-electron chi connectivity index (χ0n) is 11.2. The molecular weight excluding hydrogens is 338 g/mol. The molecule has 3 rings (SSSR count). The van der Waals surface area contributed by atoms with E-state index in [9.17, 15) is 5.11 Å². The maximum absolute atomic E-state index is 9.63. The summed E-state index contributed by atoms with van der Waals surface area (Å²) in [4.78, 5) is 2.28. The second-order valence-electron chi connectivity index (χ2n) is 5.18. The number of nitrogens with zero attached hydrogens (tertiary/aromatic N) is 1. The molecule has 1 aliphatic rings. The Kier molecular flexibility index (Phi) is 4.74. The number of benzene rings is 2. The first kappa shape index (κ1) is 15.4. The van der Waals surface area contributed by atoms with Crippen molar-refractivity contribution in [3.63, 3.8) is 0 Å². The maximum atomic E-state index is 9.63. The van der Waals surface area contributed by atoms with E-state index < -0.39 is 0 Å². The van der Waals surface area contributed by atoms with Crippen LogP contribution in [0, 0.1) is 0 Å². The highest BCUT2D eigenvalue weighted by Crippen LogP contribution is 2.34. The SMILES string of the molecule is Br.CN1Cc2cc(O)ccc2C(c2ccc(Cl)cc2)C1. The van der Waals surface area contributed by atoms with Crippen molar-refractivity contribution in [2.75, 3.05) is 13.6 Å². The van der Waals surface area contributed by atoms with Crippen molar-refractivity contribution in [2.24, 2.45) is 0 Å². The third-order valence-corrected chi connectivity index (χ3v) is 3.96. The van der Waals surface area contributed by atoms with Gasteiger partial charge in [0.1, 0.15) is 5.75 Å². The van der Waals surface area contributed by atoms with Crippen LogP contribution < -0.4 is 0 Å². The number of hydrogen-bond donors (Lipinski definition) is 1. The highest BCUT2D eigenvalue weighted by atomic mass is 79.9. The summed E-state index contributed by atoms with van der Waals surface area (Å²) in [7, 11) is 2.11. The summed E-state index contributed by atoms with van der Waals surface area (Å²) in [5.41, 5.74) is 3.77. The lowest BCUT2D eigenvalue weighted by Crippen LogP contribution is -2.30. The minimum absolute atomic E-state index is 0. The molecule has 106 valence electrons. The van der Waals surface area contributed by atoms with Crippen LogP contribution in [0.25, 0.3) is 0 Å². The lowest BCUT2D eigenvalue weighted by atomic mass is 9.85. The van der Waals surface area contributed by atoms with Crippen molar-refractivity contribution in [3.8, 4) is 5.75 Å². The van der Waals surface area contributed by atoms with Gasteiger partial charge in [0.15, 0.2) is 0 Å². The Bertz CT molecular complexity index is 600. The van der Waals surface area contributed by atoms with E-state index >= 15 is 0 Å². The second kappa shape index (κ2) is 6.17. The van der Waals surface area contributed by atoms with E-state index in [0.29, 0.717) is 11.7 Å². The summed E-state index contributed by atoms with van der Waals surface area (Å²) in [6.07, 6.45) is 0. The Morgan fingerprint density at radius 3 is 2.55 bits per heavy atom. The Morgan fingerprint density at radius 1 is 1.15 bits per heavy atom. The summed E-state index contributed by atoms with van der Waals surface area (Å²) in [5, 5.41) is 10.4. The number of aromatic hydroxyl groups is 1. The summed E-state index contributed by atoms with van der Waals surface area (Å²) in [5.74, 6) is 0.676. The number of rotatable bonds is 1. The summed E-state index contributed by atoms with van der Waals surface area (Å²) < 4.78 is 0. The first-order chi connectivity index (χ1) is 9.13. The van der Waals surface area contributed by atoms with E-state index in [1.165, 1.54) is 16.7 Å². The van der Waals surface area contributed by atoms with Crippen LogP contribution >= 0.6 is 28.6 Å². The fraction of sp³-hybridized carbons (Fsp3) is 0.250. The molecule has 1 unspecified atom stereocenters. The van der Waals surface area contributed by atoms with Crippen LogP contribution in [0.2, 0.25) is 5.02 Å². The first-order valence-electron chi connectivity index (χ1n) is 6.39. The molecule has 0 aliphatic carbocycles. The third-order valence-electron chi connectivity index (χ3n) is 3.71. The van der Waals surface area contributed by atoms with Gasteiger partial charge in [-0.2, -0.15) is 0 Å².